The Hall–Kier alpha value is -1.58. The topological polar surface area (TPSA) is 38.3 Å². The van der Waals surface area contributed by atoms with Crippen LogP contribution in [0.25, 0.3) is 0 Å². The first-order valence-electron chi connectivity index (χ1n) is 10.7. The lowest BCUT2D eigenvalue weighted by molar-refractivity contribution is -0.122. The molecule has 0 aromatic heterocycles. The fraction of sp³-hybridized carbons (Fsp3) is 0.696. The first kappa shape index (κ1) is 21.7. The van der Waals surface area contributed by atoms with Gasteiger partial charge in [-0.15, -0.1) is 0 Å². The molecular weight excluding hydrogens is 341 g/mol. The largest absolute Gasteiger partial charge is 0.491 e. The lowest BCUT2D eigenvalue weighted by Gasteiger charge is -2.29. The van der Waals surface area contributed by atoms with Crippen LogP contribution >= 0.6 is 0 Å². The number of rotatable bonds is 10. The molecule has 2 rings (SSSR count). The fourth-order valence-electron chi connectivity index (χ4n) is 3.76. The van der Waals surface area contributed by atoms with Gasteiger partial charge in [-0.05, 0) is 68.1 Å². The Kier molecular flexibility index (Phi) is 9.09. The molecule has 1 aromatic rings. The van der Waals surface area contributed by atoms with Crippen LogP contribution in [-0.4, -0.2) is 18.6 Å². The molecule has 1 aliphatic carbocycles. The Morgan fingerprint density at radius 3 is 2.59 bits per heavy atom. The molecule has 0 spiro atoms. The highest BCUT2D eigenvalue weighted by atomic mass is 19.1. The summed E-state index contributed by atoms with van der Waals surface area (Å²) in [6.45, 7) is 6.81. The Labute approximate surface area is 164 Å². The zero-order valence-electron chi connectivity index (χ0n) is 17.2. The molecule has 0 radical (unpaired) electrons. The van der Waals surface area contributed by atoms with E-state index in [4.69, 9.17) is 4.74 Å². The number of unbranched alkanes of at least 4 members (excludes halogenated alkanes) is 2. The van der Waals surface area contributed by atoms with E-state index in [-0.39, 0.29) is 11.7 Å². The number of amides is 1. The van der Waals surface area contributed by atoms with Crippen LogP contribution in [-0.2, 0) is 4.79 Å². The van der Waals surface area contributed by atoms with Gasteiger partial charge in [0.2, 0.25) is 5.91 Å². The lowest BCUT2D eigenvalue weighted by atomic mass is 9.84. The highest BCUT2D eigenvalue weighted by Gasteiger charge is 2.22. The quantitative estimate of drug-likeness (QED) is 0.510. The molecule has 1 aliphatic rings. The summed E-state index contributed by atoms with van der Waals surface area (Å²) in [5.41, 5.74) is 0.995. The van der Waals surface area contributed by atoms with Gasteiger partial charge in [-0.25, -0.2) is 4.39 Å². The van der Waals surface area contributed by atoms with Gasteiger partial charge in [0, 0.05) is 12.5 Å². The molecule has 0 heterocycles. The Bertz CT molecular complexity index is 580. The minimum atomic E-state index is -0.268. The molecule has 27 heavy (non-hydrogen) atoms. The van der Waals surface area contributed by atoms with E-state index in [1.807, 2.05) is 6.07 Å². The fourth-order valence-corrected chi connectivity index (χ4v) is 3.76. The third kappa shape index (κ3) is 7.51. The third-order valence-corrected chi connectivity index (χ3v) is 5.63. The number of benzene rings is 1. The molecule has 1 fully saturated rings. The van der Waals surface area contributed by atoms with Crippen molar-refractivity contribution in [2.24, 2.45) is 5.92 Å². The van der Waals surface area contributed by atoms with E-state index >= 15 is 0 Å². The monoisotopic (exact) mass is 377 g/mol. The predicted molar refractivity (Wildman–Crippen MR) is 109 cm³/mol. The zero-order chi connectivity index (χ0) is 19.6. The summed E-state index contributed by atoms with van der Waals surface area (Å²) >= 11 is 0. The first-order chi connectivity index (χ1) is 13.0. The van der Waals surface area contributed by atoms with Gasteiger partial charge in [0.05, 0.1) is 6.61 Å². The predicted octanol–water partition coefficient (Wildman–Crippen LogP) is 5.97. The van der Waals surface area contributed by atoms with Crippen LogP contribution < -0.4 is 10.1 Å². The Morgan fingerprint density at radius 2 is 1.96 bits per heavy atom. The second-order valence-electron chi connectivity index (χ2n) is 8.22. The van der Waals surface area contributed by atoms with Crippen molar-refractivity contribution >= 4 is 5.91 Å². The second kappa shape index (κ2) is 11.3. The molecule has 0 bridgehead atoms. The minimum Gasteiger partial charge on any atom is -0.491 e. The van der Waals surface area contributed by atoms with Crippen LogP contribution in [0.1, 0.15) is 90.0 Å². The smallest absolute Gasteiger partial charge is 0.220 e. The summed E-state index contributed by atoms with van der Waals surface area (Å²) < 4.78 is 19.8. The summed E-state index contributed by atoms with van der Waals surface area (Å²) in [4.78, 5) is 11.9. The number of hydrogen-bond donors (Lipinski definition) is 1. The maximum Gasteiger partial charge on any atom is 0.220 e. The summed E-state index contributed by atoms with van der Waals surface area (Å²) in [5.74, 6) is 1.21. The molecule has 0 saturated heterocycles. The number of halogens is 1. The first-order valence-corrected chi connectivity index (χ1v) is 10.7. The maximum absolute atomic E-state index is 14.1. The number of carbonyl (C=O) groups excluding carboxylic acids is 1. The van der Waals surface area contributed by atoms with E-state index in [2.05, 4.69) is 26.1 Å². The van der Waals surface area contributed by atoms with Crippen LogP contribution in [0.15, 0.2) is 18.2 Å². The molecular formula is C23H36FNO2. The van der Waals surface area contributed by atoms with Crippen molar-refractivity contribution in [3.63, 3.8) is 0 Å². The van der Waals surface area contributed by atoms with E-state index in [0.29, 0.717) is 36.7 Å². The molecule has 1 saturated carbocycles. The zero-order valence-corrected chi connectivity index (χ0v) is 17.2. The molecule has 1 amide bonds. The Morgan fingerprint density at radius 1 is 1.22 bits per heavy atom. The summed E-state index contributed by atoms with van der Waals surface area (Å²) in [5, 5.41) is 3.18. The van der Waals surface area contributed by atoms with Gasteiger partial charge in [-0.1, -0.05) is 39.7 Å². The van der Waals surface area contributed by atoms with E-state index in [0.717, 1.165) is 56.9 Å². The summed E-state index contributed by atoms with van der Waals surface area (Å²) in [7, 11) is 0. The van der Waals surface area contributed by atoms with Crippen molar-refractivity contribution in [3.8, 4) is 5.75 Å². The van der Waals surface area contributed by atoms with Gasteiger partial charge in [0.25, 0.3) is 0 Å². The molecule has 4 heteroatoms. The average Bonchev–Trinajstić information content (AvgIpc) is 2.64. The molecule has 152 valence electrons. The molecule has 3 nitrogen and oxygen atoms in total. The highest BCUT2D eigenvalue weighted by molar-refractivity contribution is 5.76. The van der Waals surface area contributed by atoms with Crippen molar-refractivity contribution in [2.75, 3.05) is 6.61 Å². The van der Waals surface area contributed by atoms with E-state index in [1.165, 1.54) is 0 Å². The van der Waals surface area contributed by atoms with E-state index in [1.54, 1.807) is 12.1 Å². The van der Waals surface area contributed by atoms with Gasteiger partial charge < -0.3 is 10.1 Å². The number of nitrogens with one attached hydrogen (secondary N) is 1. The van der Waals surface area contributed by atoms with E-state index in [9.17, 15) is 9.18 Å². The maximum atomic E-state index is 14.1. The van der Waals surface area contributed by atoms with Gasteiger partial charge in [-0.2, -0.15) is 0 Å². The van der Waals surface area contributed by atoms with Crippen LogP contribution in [0, 0.1) is 11.7 Å². The number of carbonyl (C=O) groups is 1. The third-order valence-electron chi connectivity index (χ3n) is 5.63. The highest BCUT2D eigenvalue weighted by Crippen LogP contribution is 2.28. The number of hydrogen-bond acceptors (Lipinski definition) is 2. The SMILES string of the molecule is CCCCCC(=O)NC1CCC(CCOc2ccc(C(C)C)cc2F)CC1. The molecule has 1 aromatic carbocycles. The molecule has 1 N–H and O–H groups in total. The van der Waals surface area contributed by atoms with Gasteiger partial charge in [0.15, 0.2) is 11.6 Å². The van der Waals surface area contributed by atoms with Gasteiger partial charge >= 0.3 is 0 Å². The number of ether oxygens (including phenoxy) is 1. The summed E-state index contributed by atoms with van der Waals surface area (Å²) in [6, 6.07) is 5.60. The molecule has 0 atom stereocenters. The van der Waals surface area contributed by atoms with Gasteiger partial charge in [0.1, 0.15) is 0 Å². The molecule has 0 unspecified atom stereocenters. The second-order valence-corrected chi connectivity index (χ2v) is 8.22. The van der Waals surface area contributed by atoms with Crippen LogP contribution in [0.5, 0.6) is 5.75 Å². The average molecular weight is 378 g/mol. The van der Waals surface area contributed by atoms with Crippen molar-refractivity contribution in [3.05, 3.63) is 29.6 Å². The van der Waals surface area contributed by atoms with Crippen molar-refractivity contribution < 1.29 is 13.9 Å². The van der Waals surface area contributed by atoms with Crippen LogP contribution in [0.4, 0.5) is 4.39 Å². The van der Waals surface area contributed by atoms with Crippen LogP contribution in [0.2, 0.25) is 0 Å². The minimum absolute atomic E-state index is 0.204. The van der Waals surface area contributed by atoms with Crippen molar-refractivity contribution in [1.82, 2.24) is 5.32 Å². The van der Waals surface area contributed by atoms with Crippen molar-refractivity contribution in [2.45, 2.75) is 90.5 Å². The van der Waals surface area contributed by atoms with Crippen molar-refractivity contribution in [1.29, 1.82) is 0 Å². The van der Waals surface area contributed by atoms with Crippen LogP contribution in [0.3, 0.4) is 0 Å². The summed E-state index contributed by atoms with van der Waals surface area (Å²) in [6.07, 6.45) is 9.17. The normalized spacial score (nSPS) is 19.9. The molecule has 0 aliphatic heterocycles. The Balaban J connectivity index is 1.64. The standard InChI is InChI=1S/C23H36FNO2/c1-4-5-6-7-23(26)25-20-11-8-18(9-12-20)14-15-27-22-13-10-19(17(2)3)16-21(22)24/h10,13,16-18,20H,4-9,11-12,14-15H2,1-3H3,(H,25,26). The lowest BCUT2D eigenvalue weighted by Crippen LogP contribution is -2.37. The van der Waals surface area contributed by atoms with Gasteiger partial charge in [-0.3, -0.25) is 4.79 Å². The van der Waals surface area contributed by atoms with E-state index < -0.39 is 0 Å².